The second kappa shape index (κ2) is 9.00. The number of amides is 2. The second-order valence-electron chi connectivity index (χ2n) is 5.75. The maximum atomic E-state index is 13.4. The van der Waals surface area contributed by atoms with Crippen molar-refractivity contribution in [2.45, 2.75) is 18.9 Å². The molecule has 0 radical (unpaired) electrons. The van der Waals surface area contributed by atoms with Gasteiger partial charge in [-0.25, -0.2) is 18.7 Å². The fourth-order valence-corrected chi connectivity index (χ4v) is 2.41. The zero-order chi connectivity index (χ0) is 20.8. The van der Waals surface area contributed by atoms with Crippen LogP contribution in [0.3, 0.4) is 0 Å². The maximum Gasteiger partial charge on any atom is 0.303 e. The van der Waals surface area contributed by atoms with Crippen LogP contribution in [0.2, 0.25) is 0 Å². The third-order valence-corrected chi connectivity index (χ3v) is 3.80. The summed E-state index contributed by atoms with van der Waals surface area (Å²) >= 11 is 0. The van der Waals surface area contributed by atoms with Gasteiger partial charge in [0.15, 0.2) is 17.5 Å². The largest absolute Gasteiger partial charge is 0.481 e. The highest BCUT2D eigenvalue weighted by atomic mass is 19.2. The van der Waals surface area contributed by atoms with Crippen LogP contribution in [-0.4, -0.2) is 28.1 Å². The van der Waals surface area contributed by atoms with Crippen LogP contribution >= 0.6 is 0 Å². The molecule has 0 saturated carbocycles. The first-order chi connectivity index (χ1) is 13.2. The molecule has 0 heterocycles. The number of carbonyl (C=O) groups excluding carboxylic acids is 2. The lowest BCUT2D eigenvalue weighted by Crippen LogP contribution is -2.39. The Labute approximate surface area is 156 Å². The van der Waals surface area contributed by atoms with Crippen LogP contribution < -0.4 is 10.8 Å². The third-order valence-electron chi connectivity index (χ3n) is 3.80. The van der Waals surface area contributed by atoms with Gasteiger partial charge in [-0.15, -0.1) is 0 Å². The highest BCUT2D eigenvalue weighted by Gasteiger charge is 2.23. The Hall–Kier alpha value is -3.40. The van der Waals surface area contributed by atoms with Gasteiger partial charge < -0.3 is 10.4 Å². The van der Waals surface area contributed by atoms with Crippen molar-refractivity contribution in [1.29, 1.82) is 0 Å². The predicted molar refractivity (Wildman–Crippen MR) is 89.4 cm³/mol. The van der Waals surface area contributed by atoms with Gasteiger partial charge in [-0.1, -0.05) is 24.3 Å². The average molecular weight is 396 g/mol. The monoisotopic (exact) mass is 396 g/mol. The molecule has 2 amide bonds. The number of hydrogen-bond donors (Lipinski definition) is 4. The molecule has 0 spiro atoms. The molecule has 1 atom stereocenters. The summed E-state index contributed by atoms with van der Waals surface area (Å²) in [6.07, 6.45) is -0.823. The van der Waals surface area contributed by atoms with Crippen molar-refractivity contribution in [3.8, 4) is 11.1 Å². The zero-order valence-corrected chi connectivity index (χ0v) is 14.2. The summed E-state index contributed by atoms with van der Waals surface area (Å²) in [5.74, 6) is -7.21. The molecule has 0 bridgehead atoms. The summed E-state index contributed by atoms with van der Waals surface area (Å²) in [4.78, 5) is 34.1. The number of carboxylic acids is 1. The van der Waals surface area contributed by atoms with Crippen LogP contribution in [-0.2, 0) is 14.4 Å². The number of hydroxylamine groups is 1. The molecule has 2 rings (SSSR count). The highest BCUT2D eigenvalue weighted by Crippen LogP contribution is 2.25. The van der Waals surface area contributed by atoms with Gasteiger partial charge in [-0.2, -0.15) is 0 Å². The van der Waals surface area contributed by atoms with Crippen LogP contribution in [0.4, 0.5) is 13.2 Å². The van der Waals surface area contributed by atoms with Gasteiger partial charge in [0.05, 0.1) is 6.42 Å². The van der Waals surface area contributed by atoms with Gasteiger partial charge in [0, 0.05) is 6.42 Å². The third kappa shape index (κ3) is 5.07. The second-order valence-corrected chi connectivity index (χ2v) is 5.75. The molecule has 0 saturated heterocycles. The van der Waals surface area contributed by atoms with E-state index in [4.69, 9.17) is 10.3 Å². The van der Waals surface area contributed by atoms with Crippen LogP contribution in [0, 0.1) is 17.5 Å². The number of rotatable bonds is 7. The van der Waals surface area contributed by atoms with E-state index in [1.54, 1.807) is 0 Å². The topological polar surface area (TPSA) is 116 Å². The Balaban J connectivity index is 2.25. The van der Waals surface area contributed by atoms with E-state index in [0.717, 1.165) is 12.1 Å². The van der Waals surface area contributed by atoms with Gasteiger partial charge in [0.1, 0.15) is 6.04 Å². The average Bonchev–Trinajstić information content (AvgIpc) is 2.67. The van der Waals surface area contributed by atoms with Crippen LogP contribution in [0.5, 0.6) is 0 Å². The molecule has 148 valence electrons. The quantitative estimate of drug-likeness (QED) is 0.326. The minimum absolute atomic E-state index is 0.0524. The van der Waals surface area contributed by atoms with Gasteiger partial charge in [-0.05, 0) is 28.8 Å². The Morgan fingerprint density at radius 2 is 1.50 bits per heavy atom. The van der Waals surface area contributed by atoms with E-state index in [1.807, 2.05) is 0 Å². The molecule has 1 unspecified atom stereocenters. The van der Waals surface area contributed by atoms with E-state index >= 15 is 0 Å². The van der Waals surface area contributed by atoms with Gasteiger partial charge in [-0.3, -0.25) is 19.6 Å². The van der Waals surface area contributed by atoms with E-state index < -0.39 is 47.7 Å². The number of carboxylic acid groups (broad SMARTS) is 1. The Morgan fingerprint density at radius 1 is 0.929 bits per heavy atom. The van der Waals surface area contributed by atoms with Gasteiger partial charge in [0.25, 0.3) is 5.91 Å². The Kier molecular flexibility index (Phi) is 6.72. The SMILES string of the molecule is O=C(O)CCC(=O)NC(C(=O)NO)c1ccc(-c2cc(F)c(F)c(F)c2)cc1. The summed E-state index contributed by atoms with van der Waals surface area (Å²) in [7, 11) is 0. The Bertz CT molecular complexity index is 880. The summed E-state index contributed by atoms with van der Waals surface area (Å²) in [6, 6.07) is 5.74. The number of halogens is 3. The molecule has 2 aromatic carbocycles. The van der Waals surface area contributed by atoms with Crippen molar-refractivity contribution < 1.29 is 37.9 Å². The van der Waals surface area contributed by atoms with Gasteiger partial charge >= 0.3 is 5.97 Å². The summed E-state index contributed by atoms with van der Waals surface area (Å²) < 4.78 is 39.8. The van der Waals surface area contributed by atoms with Crippen molar-refractivity contribution >= 4 is 17.8 Å². The number of hydrogen-bond acceptors (Lipinski definition) is 4. The van der Waals surface area contributed by atoms with Crippen molar-refractivity contribution in [2.75, 3.05) is 0 Å². The normalized spacial score (nSPS) is 11.6. The molecule has 0 aliphatic carbocycles. The lowest BCUT2D eigenvalue weighted by atomic mass is 10.00. The number of nitrogens with one attached hydrogen (secondary N) is 2. The fraction of sp³-hybridized carbons (Fsp3) is 0.167. The van der Waals surface area contributed by atoms with Crippen LogP contribution in [0.1, 0.15) is 24.4 Å². The first-order valence-electron chi connectivity index (χ1n) is 7.93. The number of aliphatic carboxylic acids is 1. The van der Waals surface area contributed by atoms with Crippen LogP contribution in [0.25, 0.3) is 11.1 Å². The van der Waals surface area contributed by atoms with Crippen molar-refractivity contribution in [1.82, 2.24) is 10.8 Å². The van der Waals surface area contributed by atoms with E-state index in [2.05, 4.69) is 5.32 Å². The smallest absolute Gasteiger partial charge is 0.303 e. The summed E-state index contributed by atoms with van der Waals surface area (Å²) in [5.41, 5.74) is 1.96. The fourth-order valence-electron chi connectivity index (χ4n) is 2.41. The molecule has 0 fully saturated rings. The Morgan fingerprint density at radius 3 is 2.00 bits per heavy atom. The van der Waals surface area contributed by atoms with E-state index in [9.17, 15) is 27.6 Å². The molecular weight excluding hydrogens is 381 g/mol. The molecule has 4 N–H and O–H groups in total. The number of carbonyl (C=O) groups is 3. The molecule has 0 aliphatic rings. The molecule has 0 aliphatic heterocycles. The standard InChI is InChI=1S/C18H15F3N2O5/c19-12-7-11(8-13(20)16(12)21)9-1-3-10(4-2-9)17(18(27)23-28)22-14(24)5-6-15(25)26/h1-4,7-8,17,28H,5-6H2,(H,22,24)(H,23,27)(H,25,26). The molecule has 28 heavy (non-hydrogen) atoms. The molecule has 2 aromatic rings. The van der Waals surface area contributed by atoms with E-state index in [1.165, 1.54) is 29.7 Å². The summed E-state index contributed by atoms with van der Waals surface area (Å²) in [6.45, 7) is 0. The van der Waals surface area contributed by atoms with E-state index in [0.29, 0.717) is 5.56 Å². The predicted octanol–water partition coefficient (Wildman–Crippen LogP) is 2.30. The lowest BCUT2D eigenvalue weighted by Gasteiger charge is -2.17. The number of benzene rings is 2. The van der Waals surface area contributed by atoms with Crippen molar-refractivity contribution in [3.63, 3.8) is 0 Å². The first-order valence-corrected chi connectivity index (χ1v) is 7.93. The summed E-state index contributed by atoms with van der Waals surface area (Å²) in [5, 5.41) is 19.7. The molecular formula is C18H15F3N2O5. The lowest BCUT2D eigenvalue weighted by molar-refractivity contribution is -0.139. The zero-order valence-electron chi connectivity index (χ0n) is 14.2. The highest BCUT2D eigenvalue weighted by molar-refractivity contribution is 5.89. The van der Waals surface area contributed by atoms with Crippen molar-refractivity contribution in [2.24, 2.45) is 0 Å². The van der Waals surface area contributed by atoms with Crippen molar-refractivity contribution in [3.05, 3.63) is 59.4 Å². The van der Waals surface area contributed by atoms with E-state index in [-0.39, 0.29) is 17.5 Å². The minimum Gasteiger partial charge on any atom is -0.481 e. The maximum absolute atomic E-state index is 13.4. The molecule has 0 aromatic heterocycles. The first kappa shape index (κ1) is 20.9. The minimum atomic E-state index is -1.59. The van der Waals surface area contributed by atoms with Crippen LogP contribution in [0.15, 0.2) is 36.4 Å². The molecule has 7 nitrogen and oxygen atoms in total. The van der Waals surface area contributed by atoms with Gasteiger partial charge in [0.2, 0.25) is 5.91 Å². The molecule has 10 heteroatoms.